The molecule has 0 radical (unpaired) electrons. The summed E-state index contributed by atoms with van der Waals surface area (Å²) < 4.78 is 0. The van der Waals surface area contributed by atoms with Gasteiger partial charge in [0.15, 0.2) is 5.96 Å². The Bertz CT molecular complexity index is 584. The van der Waals surface area contributed by atoms with E-state index in [4.69, 9.17) is 0 Å². The van der Waals surface area contributed by atoms with Crippen molar-refractivity contribution < 1.29 is 4.79 Å². The second-order valence-corrected chi connectivity index (χ2v) is 6.59. The minimum absolute atomic E-state index is 0.232. The van der Waals surface area contributed by atoms with Gasteiger partial charge in [0.25, 0.3) is 0 Å². The van der Waals surface area contributed by atoms with E-state index in [0.29, 0.717) is 12.3 Å². The normalized spacial score (nSPS) is 19.2. The predicted octanol–water partition coefficient (Wildman–Crippen LogP) is 2.27. The quantitative estimate of drug-likeness (QED) is 0.643. The maximum absolute atomic E-state index is 11.8. The molecule has 1 heterocycles. The van der Waals surface area contributed by atoms with Crippen molar-refractivity contribution in [1.29, 1.82) is 0 Å². The Morgan fingerprint density at radius 1 is 1.46 bits per heavy atom. The van der Waals surface area contributed by atoms with Crippen molar-refractivity contribution in [2.24, 2.45) is 4.99 Å². The second-order valence-electron chi connectivity index (χ2n) is 6.59. The summed E-state index contributed by atoms with van der Waals surface area (Å²) in [6.45, 7) is 8.67. The van der Waals surface area contributed by atoms with Crippen LogP contribution in [0.2, 0.25) is 0 Å². The fourth-order valence-electron chi connectivity index (χ4n) is 3.06. The molecule has 5 nitrogen and oxygen atoms in total. The molecule has 1 aromatic carbocycles. The van der Waals surface area contributed by atoms with Gasteiger partial charge in [0.1, 0.15) is 0 Å². The fourth-order valence-corrected chi connectivity index (χ4v) is 3.06. The zero-order valence-corrected chi connectivity index (χ0v) is 15.3. The van der Waals surface area contributed by atoms with E-state index in [0.717, 1.165) is 32.0 Å². The molecule has 0 aromatic heterocycles. The van der Waals surface area contributed by atoms with Crippen LogP contribution in [0.5, 0.6) is 0 Å². The van der Waals surface area contributed by atoms with Crippen molar-refractivity contribution in [2.75, 3.05) is 26.7 Å². The van der Waals surface area contributed by atoms with Crippen molar-refractivity contribution in [1.82, 2.24) is 15.5 Å². The number of aliphatic imine (C=N–C) groups is 1. The van der Waals surface area contributed by atoms with E-state index in [1.54, 1.807) is 7.05 Å². The molecule has 0 saturated carbocycles. The summed E-state index contributed by atoms with van der Waals surface area (Å²) in [6.07, 6.45) is 1.55. The highest BCUT2D eigenvalue weighted by Crippen LogP contribution is 2.15. The summed E-state index contributed by atoms with van der Waals surface area (Å²) >= 11 is 0. The third-order valence-electron chi connectivity index (χ3n) is 4.59. The number of benzene rings is 1. The standard InChI is InChI=1S/C19H30N4O/c1-5-18(24)23-10-9-17(13-23)22-19(20-4)21-12-15(3)16-8-6-7-14(2)11-16/h6-8,11,15,17H,5,9-10,12-13H2,1-4H3,(H2,20,21,22). The number of carbonyl (C=O) groups excluding carboxylic acids is 1. The lowest BCUT2D eigenvalue weighted by atomic mass is 9.99. The average molecular weight is 330 g/mol. The zero-order valence-electron chi connectivity index (χ0n) is 15.3. The lowest BCUT2D eigenvalue weighted by molar-refractivity contribution is -0.129. The summed E-state index contributed by atoms with van der Waals surface area (Å²) in [6, 6.07) is 8.90. The molecule has 24 heavy (non-hydrogen) atoms. The van der Waals surface area contributed by atoms with E-state index in [1.165, 1.54) is 11.1 Å². The van der Waals surface area contributed by atoms with E-state index < -0.39 is 0 Å². The third-order valence-corrected chi connectivity index (χ3v) is 4.59. The summed E-state index contributed by atoms with van der Waals surface area (Å²) in [5, 5.41) is 6.85. The van der Waals surface area contributed by atoms with Crippen LogP contribution in [0.4, 0.5) is 0 Å². The Labute approximate surface area is 145 Å². The molecule has 2 unspecified atom stereocenters. The van der Waals surface area contributed by atoms with Gasteiger partial charge in [-0.15, -0.1) is 0 Å². The van der Waals surface area contributed by atoms with Crippen LogP contribution in [-0.2, 0) is 4.79 Å². The Morgan fingerprint density at radius 2 is 2.25 bits per heavy atom. The lowest BCUT2D eigenvalue weighted by Crippen LogP contribution is -2.45. The van der Waals surface area contributed by atoms with E-state index in [-0.39, 0.29) is 11.9 Å². The minimum atomic E-state index is 0.232. The number of nitrogens with zero attached hydrogens (tertiary/aromatic N) is 2. The van der Waals surface area contributed by atoms with Crippen molar-refractivity contribution in [3.63, 3.8) is 0 Å². The summed E-state index contributed by atoms with van der Waals surface area (Å²) in [5.74, 6) is 1.45. The Hall–Kier alpha value is -2.04. The minimum Gasteiger partial charge on any atom is -0.356 e. The highest BCUT2D eigenvalue weighted by molar-refractivity contribution is 5.80. The number of aryl methyl sites for hydroxylation is 1. The SMILES string of the molecule is CCC(=O)N1CCC(NC(=NC)NCC(C)c2cccc(C)c2)C1. The van der Waals surface area contributed by atoms with E-state index in [1.807, 2.05) is 11.8 Å². The second kappa shape index (κ2) is 8.71. The van der Waals surface area contributed by atoms with Crippen LogP contribution in [-0.4, -0.2) is 49.5 Å². The molecule has 2 atom stereocenters. The number of guanidine groups is 1. The number of hydrogen-bond donors (Lipinski definition) is 2. The smallest absolute Gasteiger partial charge is 0.222 e. The molecule has 0 spiro atoms. The predicted molar refractivity (Wildman–Crippen MR) is 99.4 cm³/mol. The van der Waals surface area contributed by atoms with Crippen LogP contribution in [0.15, 0.2) is 29.3 Å². The summed E-state index contributed by atoms with van der Waals surface area (Å²) in [7, 11) is 1.79. The van der Waals surface area contributed by atoms with Crippen molar-refractivity contribution in [2.45, 2.75) is 45.6 Å². The Morgan fingerprint density at radius 3 is 2.92 bits per heavy atom. The first kappa shape index (κ1) is 18.3. The van der Waals surface area contributed by atoms with Crippen LogP contribution < -0.4 is 10.6 Å². The van der Waals surface area contributed by atoms with Crippen LogP contribution in [0.1, 0.15) is 43.7 Å². The number of likely N-dealkylation sites (tertiary alicyclic amines) is 1. The molecule has 0 aliphatic carbocycles. The molecule has 5 heteroatoms. The van der Waals surface area contributed by atoms with Crippen molar-refractivity contribution in [3.8, 4) is 0 Å². The van der Waals surface area contributed by atoms with Crippen molar-refractivity contribution in [3.05, 3.63) is 35.4 Å². The van der Waals surface area contributed by atoms with Gasteiger partial charge in [-0.25, -0.2) is 0 Å². The molecule has 2 rings (SSSR count). The van der Waals surface area contributed by atoms with Crippen LogP contribution in [0.3, 0.4) is 0 Å². The first-order chi connectivity index (χ1) is 11.5. The maximum Gasteiger partial charge on any atom is 0.222 e. The molecule has 1 aliphatic rings. The molecule has 1 aliphatic heterocycles. The van der Waals surface area contributed by atoms with Gasteiger partial charge in [-0.1, -0.05) is 43.7 Å². The lowest BCUT2D eigenvalue weighted by Gasteiger charge is -2.20. The van der Waals surface area contributed by atoms with Crippen LogP contribution >= 0.6 is 0 Å². The number of rotatable bonds is 5. The highest BCUT2D eigenvalue weighted by Gasteiger charge is 2.25. The van der Waals surface area contributed by atoms with Gasteiger partial charge in [0, 0.05) is 39.1 Å². The zero-order chi connectivity index (χ0) is 17.5. The molecule has 1 saturated heterocycles. The number of carbonyl (C=O) groups is 1. The van der Waals surface area contributed by atoms with Crippen molar-refractivity contribution >= 4 is 11.9 Å². The number of hydrogen-bond acceptors (Lipinski definition) is 2. The van der Waals surface area contributed by atoms with Gasteiger partial charge in [-0.05, 0) is 24.8 Å². The molecular formula is C19H30N4O. The van der Waals surface area contributed by atoms with E-state index in [2.05, 4.69) is 53.7 Å². The molecular weight excluding hydrogens is 300 g/mol. The third kappa shape index (κ3) is 4.98. The van der Waals surface area contributed by atoms with Gasteiger partial charge >= 0.3 is 0 Å². The first-order valence-corrected chi connectivity index (χ1v) is 8.85. The monoisotopic (exact) mass is 330 g/mol. The van der Waals surface area contributed by atoms with Gasteiger partial charge in [0.05, 0.1) is 0 Å². The van der Waals surface area contributed by atoms with Gasteiger partial charge < -0.3 is 15.5 Å². The molecule has 1 fully saturated rings. The van der Waals surface area contributed by atoms with Gasteiger partial charge in [0.2, 0.25) is 5.91 Å². The molecule has 0 bridgehead atoms. The Kier molecular flexibility index (Phi) is 6.64. The first-order valence-electron chi connectivity index (χ1n) is 8.85. The number of nitrogens with one attached hydrogen (secondary N) is 2. The Balaban J connectivity index is 1.82. The van der Waals surface area contributed by atoms with E-state index in [9.17, 15) is 4.79 Å². The van der Waals surface area contributed by atoms with Gasteiger partial charge in [-0.3, -0.25) is 9.79 Å². The highest BCUT2D eigenvalue weighted by atomic mass is 16.2. The fraction of sp³-hybridized carbons (Fsp3) is 0.579. The maximum atomic E-state index is 11.8. The molecule has 132 valence electrons. The summed E-state index contributed by atoms with van der Waals surface area (Å²) in [4.78, 5) is 18.0. The van der Waals surface area contributed by atoms with E-state index >= 15 is 0 Å². The largest absolute Gasteiger partial charge is 0.356 e. The average Bonchev–Trinajstić information content (AvgIpc) is 3.06. The molecule has 1 aromatic rings. The molecule has 2 N–H and O–H groups in total. The van der Waals surface area contributed by atoms with Crippen LogP contribution in [0, 0.1) is 6.92 Å². The van der Waals surface area contributed by atoms with Crippen LogP contribution in [0.25, 0.3) is 0 Å². The number of amides is 1. The topological polar surface area (TPSA) is 56.7 Å². The van der Waals surface area contributed by atoms with Gasteiger partial charge in [-0.2, -0.15) is 0 Å². The molecule has 1 amide bonds. The summed E-state index contributed by atoms with van der Waals surface area (Å²) in [5.41, 5.74) is 2.62.